The van der Waals surface area contributed by atoms with Crippen LogP contribution < -0.4 is 15.4 Å². The van der Waals surface area contributed by atoms with Crippen LogP contribution in [-0.4, -0.2) is 27.6 Å². The van der Waals surface area contributed by atoms with Gasteiger partial charge in [0.2, 0.25) is 11.9 Å². The number of rotatable bonds is 6. The van der Waals surface area contributed by atoms with Gasteiger partial charge in [0.25, 0.3) is 0 Å². The lowest BCUT2D eigenvalue weighted by molar-refractivity contribution is 0.312. The average molecular weight is 358 g/mol. The summed E-state index contributed by atoms with van der Waals surface area (Å²) in [5.74, 6) is 1.07. The Hall–Kier alpha value is -2.37. The predicted molar refractivity (Wildman–Crippen MR) is 107 cm³/mol. The maximum Gasteiger partial charge on any atom is 0.323 e. The van der Waals surface area contributed by atoms with E-state index in [4.69, 9.17) is 4.74 Å². The molecule has 1 aliphatic rings. The minimum Gasteiger partial charge on any atom is -0.464 e. The fourth-order valence-corrected chi connectivity index (χ4v) is 2.87. The predicted octanol–water partition coefficient (Wildman–Crippen LogP) is 5.09. The van der Waals surface area contributed by atoms with Crippen molar-refractivity contribution < 1.29 is 4.74 Å². The van der Waals surface area contributed by atoms with Crippen LogP contribution in [0.1, 0.15) is 58.4 Å². The average Bonchev–Trinajstić information content (AvgIpc) is 2.66. The second-order valence-corrected chi connectivity index (χ2v) is 6.17. The maximum absolute atomic E-state index is 5.49. The molecule has 2 aromatic rings. The summed E-state index contributed by atoms with van der Waals surface area (Å²) < 4.78 is 5.49. The van der Waals surface area contributed by atoms with Crippen LogP contribution in [0, 0.1) is 6.92 Å². The van der Waals surface area contributed by atoms with Crippen molar-refractivity contribution >= 4 is 17.6 Å². The number of hydrogen-bond donors (Lipinski definition) is 2. The van der Waals surface area contributed by atoms with Crippen LogP contribution in [0.2, 0.25) is 0 Å². The Morgan fingerprint density at radius 1 is 0.962 bits per heavy atom. The molecule has 2 N–H and O–H groups in total. The number of anilines is 3. The van der Waals surface area contributed by atoms with E-state index in [1.807, 2.05) is 45.0 Å². The molecule has 0 aliphatic heterocycles. The summed E-state index contributed by atoms with van der Waals surface area (Å²) in [5.41, 5.74) is 2.16. The molecule has 26 heavy (non-hydrogen) atoms. The zero-order chi connectivity index (χ0) is 18.8. The fourth-order valence-electron chi connectivity index (χ4n) is 2.87. The lowest BCUT2D eigenvalue weighted by atomic mass is 9.96. The van der Waals surface area contributed by atoms with E-state index in [2.05, 4.69) is 32.5 Å². The number of ether oxygens (including phenoxy) is 1. The highest BCUT2D eigenvalue weighted by Crippen LogP contribution is 2.22. The van der Waals surface area contributed by atoms with Crippen LogP contribution in [0.3, 0.4) is 0 Å². The molecule has 1 fully saturated rings. The van der Waals surface area contributed by atoms with E-state index >= 15 is 0 Å². The van der Waals surface area contributed by atoms with Gasteiger partial charge in [-0.3, -0.25) is 0 Å². The van der Waals surface area contributed by atoms with Gasteiger partial charge in [0, 0.05) is 11.7 Å². The number of nitrogens with zero attached hydrogens (tertiary/aromatic N) is 3. The van der Waals surface area contributed by atoms with Gasteiger partial charge in [0.05, 0.1) is 6.61 Å². The molecule has 6 nitrogen and oxygen atoms in total. The summed E-state index contributed by atoms with van der Waals surface area (Å²) >= 11 is 0. The molecule has 142 valence electrons. The van der Waals surface area contributed by atoms with Crippen molar-refractivity contribution in [2.24, 2.45) is 0 Å². The van der Waals surface area contributed by atoms with Crippen molar-refractivity contribution in [2.75, 3.05) is 17.2 Å². The van der Waals surface area contributed by atoms with Crippen molar-refractivity contribution in [3.63, 3.8) is 0 Å². The van der Waals surface area contributed by atoms with Crippen LogP contribution in [0.15, 0.2) is 24.3 Å². The van der Waals surface area contributed by atoms with Gasteiger partial charge in [0.15, 0.2) is 0 Å². The Bertz CT molecular complexity index is 654. The quantitative estimate of drug-likeness (QED) is 0.750. The van der Waals surface area contributed by atoms with Crippen molar-refractivity contribution in [3.05, 3.63) is 29.8 Å². The molecule has 1 saturated carbocycles. The molecular weight excluding hydrogens is 326 g/mol. The molecule has 0 saturated heterocycles. The van der Waals surface area contributed by atoms with Gasteiger partial charge >= 0.3 is 6.01 Å². The summed E-state index contributed by atoms with van der Waals surface area (Å²) in [4.78, 5) is 13.2. The lowest BCUT2D eigenvalue weighted by Gasteiger charge is -2.22. The SMILES string of the molecule is CC.CCOc1nc(Nc2ccc(C)cc2)nc(NC2CCCCC2)n1. The Morgan fingerprint density at radius 3 is 2.27 bits per heavy atom. The zero-order valence-electron chi connectivity index (χ0n) is 16.4. The largest absolute Gasteiger partial charge is 0.464 e. The molecule has 0 bridgehead atoms. The first-order valence-electron chi connectivity index (χ1n) is 9.72. The van der Waals surface area contributed by atoms with Crippen molar-refractivity contribution in [3.8, 4) is 6.01 Å². The van der Waals surface area contributed by atoms with Gasteiger partial charge < -0.3 is 15.4 Å². The lowest BCUT2D eigenvalue weighted by Crippen LogP contribution is -2.24. The number of hydrogen-bond acceptors (Lipinski definition) is 6. The van der Waals surface area contributed by atoms with Crippen molar-refractivity contribution in [2.45, 2.75) is 65.8 Å². The molecule has 1 aliphatic carbocycles. The molecule has 0 amide bonds. The van der Waals surface area contributed by atoms with Crippen molar-refractivity contribution in [1.29, 1.82) is 0 Å². The van der Waals surface area contributed by atoms with E-state index in [0.717, 1.165) is 18.5 Å². The van der Waals surface area contributed by atoms with E-state index < -0.39 is 0 Å². The highest BCUT2D eigenvalue weighted by Gasteiger charge is 2.16. The first-order valence-corrected chi connectivity index (χ1v) is 9.72. The van der Waals surface area contributed by atoms with Gasteiger partial charge in [-0.1, -0.05) is 50.8 Å². The maximum atomic E-state index is 5.49. The Balaban J connectivity index is 0.00000117. The Kier molecular flexibility index (Phi) is 8.12. The molecule has 0 atom stereocenters. The minimum atomic E-state index is 0.348. The fraction of sp³-hybridized carbons (Fsp3) is 0.550. The highest BCUT2D eigenvalue weighted by molar-refractivity contribution is 5.54. The third kappa shape index (κ3) is 6.17. The molecular formula is C20H31N5O. The van der Waals surface area contributed by atoms with Crippen LogP contribution in [0.5, 0.6) is 6.01 Å². The highest BCUT2D eigenvalue weighted by atomic mass is 16.5. The van der Waals surface area contributed by atoms with Gasteiger partial charge in [-0.05, 0) is 38.8 Å². The van der Waals surface area contributed by atoms with Crippen LogP contribution in [-0.2, 0) is 0 Å². The van der Waals surface area contributed by atoms with Gasteiger partial charge in [-0.25, -0.2) is 0 Å². The third-order valence-corrected chi connectivity index (χ3v) is 4.13. The molecule has 6 heteroatoms. The van der Waals surface area contributed by atoms with E-state index in [9.17, 15) is 0 Å². The Morgan fingerprint density at radius 2 is 1.62 bits per heavy atom. The molecule has 0 spiro atoms. The zero-order valence-corrected chi connectivity index (χ0v) is 16.4. The summed E-state index contributed by atoms with van der Waals surface area (Å²) in [6, 6.07) is 8.90. The topological polar surface area (TPSA) is 72.0 Å². The minimum absolute atomic E-state index is 0.348. The molecule has 3 rings (SSSR count). The molecule has 0 radical (unpaired) electrons. The van der Waals surface area contributed by atoms with Crippen LogP contribution in [0.25, 0.3) is 0 Å². The monoisotopic (exact) mass is 357 g/mol. The summed E-state index contributed by atoms with van der Waals surface area (Å²) in [7, 11) is 0. The summed E-state index contributed by atoms with van der Waals surface area (Å²) in [6.45, 7) is 8.51. The summed E-state index contributed by atoms with van der Waals surface area (Å²) in [5, 5.41) is 6.66. The molecule has 1 aromatic carbocycles. The van der Waals surface area contributed by atoms with E-state index in [0.29, 0.717) is 30.6 Å². The normalized spacial score (nSPS) is 14.2. The van der Waals surface area contributed by atoms with Gasteiger partial charge in [-0.2, -0.15) is 15.0 Å². The smallest absolute Gasteiger partial charge is 0.323 e. The first-order chi connectivity index (χ1) is 12.7. The second kappa shape index (κ2) is 10.6. The number of benzene rings is 1. The van der Waals surface area contributed by atoms with Crippen LogP contribution in [0.4, 0.5) is 17.6 Å². The van der Waals surface area contributed by atoms with Crippen molar-refractivity contribution in [1.82, 2.24) is 15.0 Å². The van der Waals surface area contributed by atoms with Gasteiger partial charge in [0.1, 0.15) is 0 Å². The van der Waals surface area contributed by atoms with Crippen LogP contribution >= 0.6 is 0 Å². The molecule has 0 unspecified atom stereocenters. The number of aromatic nitrogens is 3. The number of nitrogens with one attached hydrogen (secondary N) is 2. The molecule has 1 aromatic heterocycles. The van der Waals surface area contributed by atoms with E-state index in [1.165, 1.54) is 24.8 Å². The number of aryl methyl sites for hydroxylation is 1. The molecule has 1 heterocycles. The second-order valence-electron chi connectivity index (χ2n) is 6.17. The Labute approximate surface area is 156 Å². The van der Waals surface area contributed by atoms with E-state index in [-0.39, 0.29) is 0 Å². The first kappa shape index (κ1) is 19.9. The standard InChI is InChI=1S/C18H25N5O.C2H6/c1-3-24-18-22-16(19-14-7-5-4-6-8-14)21-17(23-18)20-15-11-9-13(2)10-12-15;1-2/h9-12,14H,3-8H2,1-2H3,(H2,19,20,21,22,23);1-2H3. The summed E-state index contributed by atoms with van der Waals surface area (Å²) in [6.07, 6.45) is 6.16. The van der Waals surface area contributed by atoms with Gasteiger partial charge in [-0.15, -0.1) is 0 Å². The third-order valence-electron chi connectivity index (χ3n) is 4.13. The van der Waals surface area contributed by atoms with E-state index in [1.54, 1.807) is 0 Å².